The lowest BCUT2D eigenvalue weighted by molar-refractivity contribution is -0.315. The molecule has 0 aromatic heterocycles. The molecular weight excluding hydrogens is 504 g/mol. The molecule has 1 fully saturated rings. The molecule has 0 aliphatic carbocycles. The summed E-state index contributed by atoms with van der Waals surface area (Å²) in [6.45, 7) is 0.299. The van der Waals surface area contributed by atoms with Gasteiger partial charge in [-0.25, -0.2) is 0 Å². The van der Waals surface area contributed by atoms with Gasteiger partial charge in [-0.2, -0.15) is 0 Å². The van der Waals surface area contributed by atoms with Gasteiger partial charge in [0.1, 0.15) is 41.7 Å². The molecule has 0 saturated carbocycles. The Kier molecular flexibility index (Phi) is 10.5. The molecule has 5 atom stereocenters. The molecule has 1 aliphatic rings. The van der Waals surface area contributed by atoms with Crippen molar-refractivity contribution < 1.29 is 43.4 Å². The van der Waals surface area contributed by atoms with E-state index in [2.05, 4.69) is 0 Å². The van der Waals surface area contributed by atoms with Crippen molar-refractivity contribution in [2.75, 3.05) is 27.9 Å². The summed E-state index contributed by atoms with van der Waals surface area (Å²) < 4.78 is 40.2. The van der Waals surface area contributed by atoms with E-state index in [9.17, 15) is 10.2 Å². The van der Waals surface area contributed by atoms with Gasteiger partial charge in [0.25, 0.3) is 0 Å². The van der Waals surface area contributed by atoms with Crippen LogP contribution in [-0.4, -0.2) is 68.9 Å². The molecule has 1 saturated heterocycles. The normalized spacial score (nSPS) is 22.8. The molecule has 39 heavy (non-hydrogen) atoms. The summed E-state index contributed by atoms with van der Waals surface area (Å²) in [7, 11) is 4.83. The fourth-order valence-corrected chi connectivity index (χ4v) is 4.35. The minimum atomic E-state index is -1.33. The lowest BCUT2D eigenvalue weighted by atomic mass is 9.98. The lowest BCUT2D eigenvalue weighted by Crippen LogP contribution is -2.61. The monoisotopic (exact) mass is 540 g/mol. The SMILES string of the molecule is COc1ccc(CO[C@@H]2[C@@H](OCc3ccc(OC)cc3)[C@@H](O)O[C@H](CO)[C@@H]2OCc2ccc(OC)cc2)cc1. The third kappa shape index (κ3) is 7.69. The lowest BCUT2D eigenvalue weighted by Gasteiger charge is -2.44. The van der Waals surface area contributed by atoms with Gasteiger partial charge in [0.05, 0.1) is 47.8 Å². The number of methoxy groups -OCH3 is 3. The van der Waals surface area contributed by atoms with Gasteiger partial charge in [0.2, 0.25) is 0 Å². The minimum Gasteiger partial charge on any atom is -0.497 e. The van der Waals surface area contributed by atoms with Crippen molar-refractivity contribution in [3.05, 3.63) is 89.5 Å². The molecule has 0 unspecified atom stereocenters. The van der Waals surface area contributed by atoms with Crippen LogP contribution in [0.3, 0.4) is 0 Å². The zero-order chi connectivity index (χ0) is 27.6. The van der Waals surface area contributed by atoms with Crippen molar-refractivity contribution in [1.29, 1.82) is 0 Å². The van der Waals surface area contributed by atoms with Crippen LogP contribution in [0.25, 0.3) is 0 Å². The highest BCUT2D eigenvalue weighted by atomic mass is 16.7. The van der Waals surface area contributed by atoms with Crippen LogP contribution in [0.15, 0.2) is 72.8 Å². The highest BCUT2D eigenvalue weighted by Crippen LogP contribution is 2.30. The minimum absolute atomic E-state index is 0.201. The fourth-order valence-electron chi connectivity index (χ4n) is 4.35. The molecule has 210 valence electrons. The summed E-state index contributed by atoms with van der Waals surface area (Å²) in [5.41, 5.74) is 2.69. The Morgan fingerprint density at radius 1 is 0.564 bits per heavy atom. The molecule has 0 amide bonds. The molecule has 0 radical (unpaired) electrons. The molecule has 3 aromatic carbocycles. The molecule has 9 nitrogen and oxygen atoms in total. The van der Waals surface area contributed by atoms with Crippen LogP contribution in [0.1, 0.15) is 16.7 Å². The number of hydrogen-bond acceptors (Lipinski definition) is 9. The molecule has 4 rings (SSSR count). The summed E-state index contributed by atoms with van der Waals surface area (Å²) in [5.74, 6) is 2.21. The van der Waals surface area contributed by atoms with Crippen LogP contribution in [0.2, 0.25) is 0 Å². The second-order valence-electron chi connectivity index (χ2n) is 9.12. The van der Waals surface area contributed by atoms with Gasteiger partial charge in [0.15, 0.2) is 6.29 Å². The molecule has 1 aliphatic heterocycles. The molecule has 2 N–H and O–H groups in total. The third-order valence-electron chi connectivity index (χ3n) is 6.59. The van der Waals surface area contributed by atoms with Crippen LogP contribution in [0.4, 0.5) is 0 Å². The number of aliphatic hydroxyl groups is 2. The van der Waals surface area contributed by atoms with Crippen LogP contribution in [0.5, 0.6) is 17.2 Å². The number of aliphatic hydroxyl groups excluding tert-OH is 2. The van der Waals surface area contributed by atoms with E-state index in [-0.39, 0.29) is 26.4 Å². The van der Waals surface area contributed by atoms with E-state index in [1.54, 1.807) is 21.3 Å². The van der Waals surface area contributed by atoms with Crippen LogP contribution in [0, 0.1) is 0 Å². The molecule has 0 spiro atoms. The fraction of sp³-hybridized carbons (Fsp3) is 0.400. The quantitative estimate of drug-likeness (QED) is 0.337. The Morgan fingerprint density at radius 2 is 0.923 bits per heavy atom. The molecule has 3 aromatic rings. The highest BCUT2D eigenvalue weighted by Gasteiger charge is 2.47. The van der Waals surface area contributed by atoms with Crippen LogP contribution < -0.4 is 14.2 Å². The Balaban J connectivity index is 1.53. The van der Waals surface area contributed by atoms with E-state index in [0.717, 1.165) is 33.9 Å². The maximum atomic E-state index is 10.9. The average Bonchev–Trinajstić information content (AvgIpc) is 2.99. The van der Waals surface area contributed by atoms with E-state index in [1.165, 1.54) is 0 Å². The van der Waals surface area contributed by atoms with Gasteiger partial charge in [-0.15, -0.1) is 0 Å². The van der Waals surface area contributed by atoms with Gasteiger partial charge >= 0.3 is 0 Å². The number of rotatable bonds is 13. The number of benzene rings is 3. The van der Waals surface area contributed by atoms with E-state index < -0.39 is 30.7 Å². The average molecular weight is 541 g/mol. The Hall–Kier alpha value is -3.18. The van der Waals surface area contributed by atoms with E-state index in [1.807, 2.05) is 72.8 Å². The van der Waals surface area contributed by atoms with Crippen molar-refractivity contribution in [2.24, 2.45) is 0 Å². The van der Waals surface area contributed by atoms with Gasteiger partial charge in [0, 0.05) is 0 Å². The second-order valence-corrected chi connectivity index (χ2v) is 9.12. The van der Waals surface area contributed by atoms with Crippen molar-refractivity contribution in [2.45, 2.75) is 50.5 Å². The highest BCUT2D eigenvalue weighted by molar-refractivity contribution is 5.28. The molecular formula is C30H36O9. The largest absolute Gasteiger partial charge is 0.497 e. The topological polar surface area (TPSA) is 105 Å². The standard InChI is InChI=1S/C30H36O9/c1-33-23-10-4-20(5-11-23)17-36-27-26(16-31)39-30(32)29(38-19-22-8-14-25(35-3)15-9-22)28(27)37-18-21-6-12-24(34-2)13-7-21/h4-15,26-32H,16-19H2,1-3H3/t26-,27+,28+,29-,30+/m1/s1. The first-order valence-corrected chi connectivity index (χ1v) is 12.7. The van der Waals surface area contributed by atoms with Crippen molar-refractivity contribution in [3.63, 3.8) is 0 Å². The Morgan fingerprint density at radius 3 is 1.28 bits per heavy atom. The summed E-state index contributed by atoms with van der Waals surface area (Å²) in [6.07, 6.45) is -4.50. The summed E-state index contributed by atoms with van der Waals surface area (Å²) >= 11 is 0. The van der Waals surface area contributed by atoms with Crippen molar-refractivity contribution >= 4 is 0 Å². The Bertz CT molecular complexity index is 1120. The van der Waals surface area contributed by atoms with Crippen LogP contribution >= 0.6 is 0 Å². The van der Waals surface area contributed by atoms with E-state index >= 15 is 0 Å². The predicted molar refractivity (Wildman–Crippen MR) is 143 cm³/mol. The van der Waals surface area contributed by atoms with Crippen molar-refractivity contribution in [1.82, 2.24) is 0 Å². The first kappa shape index (κ1) is 28.8. The van der Waals surface area contributed by atoms with Gasteiger partial charge < -0.3 is 43.4 Å². The first-order chi connectivity index (χ1) is 19.0. The van der Waals surface area contributed by atoms with Gasteiger partial charge in [-0.1, -0.05) is 36.4 Å². The number of hydrogen-bond donors (Lipinski definition) is 2. The maximum Gasteiger partial charge on any atom is 0.184 e. The summed E-state index contributed by atoms with van der Waals surface area (Å²) in [5, 5.41) is 21.0. The third-order valence-corrected chi connectivity index (χ3v) is 6.59. The zero-order valence-corrected chi connectivity index (χ0v) is 22.4. The maximum absolute atomic E-state index is 10.9. The zero-order valence-electron chi connectivity index (χ0n) is 22.4. The van der Waals surface area contributed by atoms with Crippen LogP contribution in [-0.2, 0) is 38.8 Å². The smallest absolute Gasteiger partial charge is 0.184 e. The van der Waals surface area contributed by atoms with E-state index in [0.29, 0.717) is 0 Å². The first-order valence-electron chi connectivity index (χ1n) is 12.7. The second kappa shape index (κ2) is 14.3. The number of ether oxygens (including phenoxy) is 7. The molecule has 0 bridgehead atoms. The van der Waals surface area contributed by atoms with E-state index in [4.69, 9.17) is 33.2 Å². The van der Waals surface area contributed by atoms with Gasteiger partial charge in [-0.05, 0) is 53.1 Å². The Labute approximate surface area is 228 Å². The molecule has 1 heterocycles. The van der Waals surface area contributed by atoms with Gasteiger partial charge in [-0.3, -0.25) is 0 Å². The predicted octanol–water partition coefficient (Wildman–Crippen LogP) is 3.48. The summed E-state index contributed by atoms with van der Waals surface area (Å²) in [6, 6.07) is 22.5. The van der Waals surface area contributed by atoms with Crippen molar-refractivity contribution in [3.8, 4) is 17.2 Å². The molecule has 9 heteroatoms. The summed E-state index contributed by atoms with van der Waals surface area (Å²) in [4.78, 5) is 0.